The van der Waals surface area contributed by atoms with Crippen LogP contribution >= 0.6 is 0 Å². The summed E-state index contributed by atoms with van der Waals surface area (Å²) in [5.41, 5.74) is 2.86. The minimum Gasteiger partial charge on any atom is -0.340 e. The number of H-pyrrole nitrogens is 1. The van der Waals surface area contributed by atoms with Crippen molar-refractivity contribution < 1.29 is 9.59 Å². The Labute approximate surface area is 176 Å². The van der Waals surface area contributed by atoms with E-state index < -0.39 is 6.04 Å². The third-order valence-corrected chi connectivity index (χ3v) is 4.70. The molecule has 0 saturated heterocycles. The van der Waals surface area contributed by atoms with Crippen LogP contribution in [-0.4, -0.2) is 33.0 Å². The molecule has 156 valence electrons. The Morgan fingerprint density at radius 3 is 2.50 bits per heavy atom. The predicted molar refractivity (Wildman–Crippen MR) is 117 cm³/mol. The molecule has 0 aliphatic rings. The van der Waals surface area contributed by atoms with Crippen molar-refractivity contribution in [3.8, 4) is 11.4 Å². The fourth-order valence-corrected chi connectivity index (χ4v) is 3.20. The zero-order valence-corrected chi connectivity index (χ0v) is 17.7. The van der Waals surface area contributed by atoms with Crippen LogP contribution in [0.3, 0.4) is 0 Å². The van der Waals surface area contributed by atoms with Gasteiger partial charge in [-0.05, 0) is 49.9 Å². The third-order valence-electron chi connectivity index (χ3n) is 4.70. The van der Waals surface area contributed by atoms with Gasteiger partial charge < -0.3 is 10.6 Å². The number of aromatic nitrogens is 3. The Morgan fingerprint density at radius 2 is 1.83 bits per heavy atom. The summed E-state index contributed by atoms with van der Waals surface area (Å²) in [6.45, 7) is 7.75. The lowest BCUT2D eigenvalue weighted by Gasteiger charge is -2.21. The largest absolute Gasteiger partial charge is 0.340 e. The number of hydrogen-bond acceptors (Lipinski definition) is 4. The van der Waals surface area contributed by atoms with Crippen LogP contribution in [0.2, 0.25) is 0 Å². The standard InChI is InChI=1S/C23H27N5O2/c1-14(2)12-20(26-22(29)19-11-6-5-8-15(19)3)23(30)25-18-10-7-9-17(13-18)21-24-16(4)27-28-21/h5-11,13-14,20H,12H2,1-4H3,(H,25,30)(H,26,29)(H,24,27,28). The lowest BCUT2D eigenvalue weighted by atomic mass is 10.0. The van der Waals surface area contributed by atoms with E-state index in [1.165, 1.54) is 0 Å². The van der Waals surface area contributed by atoms with Crippen molar-refractivity contribution in [1.82, 2.24) is 20.5 Å². The molecular formula is C23H27N5O2. The maximum atomic E-state index is 13.0. The molecule has 2 aromatic carbocycles. The number of carbonyl (C=O) groups is 2. The highest BCUT2D eigenvalue weighted by atomic mass is 16.2. The molecule has 1 atom stereocenters. The Kier molecular flexibility index (Phi) is 6.61. The maximum Gasteiger partial charge on any atom is 0.252 e. The van der Waals surface area contributed by atoms with E-state index in [4.69, 9.17) is 0 Å². The average Bonchev–Trinajstić information content (AvgIpc) is 3.14. The summed E-state index contributed by atoms with van der Waals surface area (Å²) in [6, 6.07) is 14.0. The second kappa shape index (κ2) is 9.35. The molecule has 1 aromatic heterocycles. The van der Waals surface area contributed by atoms with Gasteiger partial charge in [-0.1, -0.05) is 44.2 Å². The summed E-state index contributed by atoms with van der Waals surface area (Å²) >= 11 is 0. The van der Waals surface area contributed by atoms with Gasteiger partial charge in [0.2, 0.25) is 5.91 Å². The summed E-state index contributed by atoms with van der Waals surface area (Å²) < 4.78 is 0. The normalized spacial score (nSPS) is 11.9. The third kappa shape index (κ3) is 5.31. The topological polar surface area (TPSA) is 99.8 Å². The van der Waals surface area contributed by atoms with E-state index in [9.17, 15) is 9.59 Å². The van der Waals surface area contributed by atoms with Crippen LogP contribution in [0.1, 0.15) is 42.0 Å². The molecule has 3 rings (SSSR count). The van der Waals surface area contributed by atoms with Crippen LogP contribution in [0, 0.1) is 19.8 Å². The number of carbonyl (C=O) groups excluding carboxylic acids is 2. The average molecular weight is 406 g/mol. The first-order valence-corrected chi connectivity index (χ1v) is 10.00. The van der Waals surface area contributed by atoms with Crippen molar-refractivity contribution in [2.24, 2.45) is 5.92 Å². The highest BCUT2D eigenvalue weighted by Gasteiger charge is 2.23. The van der Waals surface area contributed by atoms with Crippen molar-refractivity contribution >= 4 is 17.5 Å². The van der Waals surface area contributed by atoms with Gasteiger partial charge in [-0.2, -0.15) is 5.10 Å². The van der Waals surface area contributed by atoms with Crippen molar-refractivity contribution in [3.63, 3.8) is 0 Å². The molecular weight excluding hydrogens is 378 g/mol. The van der Waals surface area contributed by atoms with Gasteiger partial charge in [-0.25, -0.2) is 4.98 Å². The van der Waals surface area contributed by atoms with Crippen LogP contribution in [0.4, 0.5) is 5.69 Å². The molecule has 0 spiro atoms. The van der Waals surface area contributed by atoms with Gasteiger partial charge in [-0.15, -0.1) is 0 Å². The van der Waals surface area contributed by atoms with Crippen LogP contribution < -0.4 is 10.6 Å². The monoisotopic (exact) mass is 405 g/mol. The first-order valence-electron chi connectivity index (χ1n) is 10.00. The van der Waals surface area contributed by atoms with Gasteiger partial charge in [0.15, 0.2) is 5.82 Å². The van der Waals surface area contributed by atoms with E-state index in [1.807, 2.05) is 64.1 Å². The van der Waals surface area contributed by atoms with E-state index in [1.54, 1.807) is 12.1 Å². The molecule has 3 aromatic rings. The van der Waals surface area contributed by atoms with Crippen molar-refractivity contribution in [1.29, 1.82) is 0 Å². The molecule has 7 heteroatoms. The van der Waals surface area contributed by atoms with E-state index in [0.717, 1.165) is 17.0 Å². The zero-order valence-electron chi connectivity index (χ0n) is 17.7. The van der Waals surface area contributed by atoms with Crippen molar-refractivity contribution in [3.05, 3.63) is 65.5 Å². The van der Waals surface area contributed by atoms with E-state index >= 15 is 0 Å². The van der Waals surface area contributed by atoms with Gasteiger partial charge in [0.25, 0.3) is 5.91 Å². The first-order chi connectivity index (χ1) is 14.3. The van der Waals surface area contributed by atoms with Crippen molar-refractivity contribution in [2.75, 3.05) is 5.32 Å². The van der Waals surface area contributed by atoms with Gasteiger partial charge in [0.05, 0.1) is 0 Å². The van der Waals surface area contributed by atoms with Crippen LogP contribution in [0.5, 0.6) is 0 Å². The minimum atomic E-state index is -0.647. The number of benzene rings is 2. The molecule has 3 N–H and O–H groups in total. The minimum absolute atomic E-state index is 0.237. The van der Waals surface area contributed by atoms with Gasteiger partial charge >= 0.3 is 0 Å². The number of nitrogens with one attached hydrogen (secondary N) is 3. The summed E-state index contributed by atoms with van der Waals surface area (Å²) in [7, 11) is 0. The second-order valence-electron chi connectivity index (χ2n) is 7.79. The highest BCUT2D eigenvalue weighted by molar-refractivity contribution is 6.01. The fraction of sp³-hybridized carbons (Fsp3) is 0.304. The van der Waals surface area contributed by atoms with Gasteiger partial charge in [0.1, 0.15) is 11.9 Å². The number of rotatable bonds is 7. The maximum absolute atomic E-state index is 13.0. The summed E-state index contributed by atoms with van der Waals surface area (Å²) in [5.74, 6) is 1.01. The molecule has 0 bridgehead atoms. The SMILES string of the molecule is Cc1nc(-c2cccc(NC(=O)C(CC(C)C)NC(=O)c3ccccc3C)c2)n[nH]1. The smallest absolute Gasteiger partial charge is 0.252 e. The fourth-order valence-electron chi connectivity index (χ4n) is 3.20. The molecule has 0 saturated carbocycles. The molecule has 0 fully saturated rings. The number of aryl methyl sites for hydroxylation is 2. The number of hydrogen-bond donors (Lipinski definition) is 3. The number of amides is 2. The molecule has 1 heterocycles. The first kappa shape index (κ1) is 21.2. The molecule has 30 heavy (non-hydrogen) atoms. The van der Waals surface area contributed by atoms with E-state index in [-0.39, 0.29) is 17.7 Å². The Balaban J connectivity index is 1.76. The molecule has 7 nitrogen and oxygen atoms in total. The summed E-state index contributed by atoms with van der Waals surface area (Å²) in [6.07, 6.45) is 0.531. The Hall–Kier alpha value is -3.48. The van der Waals surface area contributed by atoms with Crippen LogP contribution in [0.15, 0.2) is 48.5 Å². The predicted octanol–water partition coefficient (Wildman–Crippen LogP) is 3.87. The molecule has 0 radical (unpaired) electrons. The van der Waals surface area contributed by atoms with Crippen LogP contribution in [-0.2, 0) is 4.79 Å². The van der Waals surface area contributed by atoms with Gasteiger partial charge in [-0.3, -0.25) is 14.7 Å². The van der Waals surface area contributed by atoms with E-state index in [0.29, 0.717) is 23.5 Å². The van der Waals surface area contributed by atoms with Gasteiger partial charge in [0, 0.05) is 16.8 Å². The summed E-state index contributed by atoms with van der Waals surface area (Å²) in [4.78, 5) is 30.1. The molecule has 1 unspecified atom stereocenters. The zero-order chi connectivity index (χ0) is 21.7. The lowest BCUT2D eigenvalue weighted by Crippen LogP contribution is -2.44. The Bertz CT molecular complexity index is 1040. The van der Waals surface area contributed by atoms with E-state index in [2.05, 4.69) is 25.8 Å². The lowest BCUT2D eigenvalue weighted by molar-refractivity contribution is -0.118. The highest BCUT2D eigenvalue weighted by Crippen LogP contribution is 2.20. The number of anilines is 1. The molecule has 2 amide bonds. The molecule has 0 aliphatic carbocycles. The summed E-state index contributed by atoms with van der Waals surface area (Å²) in [5, 5.41) is 12.8. The number of aromatic amines is 1. The number of nitrogens with zero attached hydrogens (tertiary/aromatic N) is 2. The molecule has 0 aliphatic heterocycles. The quantitative estimate of drug-likeness (QED) is 0.555. The second-order valence-corrected chi connectivity index (χ2v) is 7.79. The van der Waals surface area contributed by atoms with Crippen molar-refractivity contribution in [2.45, 2.75) is 40.2 Å². The van der Waals surface area contributed by atoms with Crippen LogP contribution in [0.25, 0.3) is 11.4 Å². The Morgan fingerprint density at radius 1 is 1.07 bits per heavy atom.